The van der Waals surface area contributed by atoms with Gasteiger partial charge in [-0.2, -0.15) is 0 Å². The molecule has 1 aliphatic carbocycles. The lowest BCUT2D eigenvalue weighted by atomic mass is 9.94. The Morgan fingerprint density at radius 3 is 2.72 bits per heavy atom. The summed E-state index contributed by atoms with van der Waals surface area (Å²) in [5.41, 5.74) is 0.532. The van der Waals surface area contributed by atoms with Gasteiger partial charge >= 0.3 is 5.69 Å². The fraction of sp³-hybridized carbons (Fsp3) is 0.526. The summed E-state index contributed by atoms with van der Waals surface area (Å²) in [7, 11) is 1.83. The number of benzene rings is 1. The Labute approximate surface area is 148 Å². The minimum atomic E-state index is -0.460. The maximum absolute atomic E-state index is 12.3. The molecule has 0 aromatic heterocycles. The lowest BCUT2D eigenvalue weighted by molar-refractivity contribution is -0.385. The summed E-state index contributed by atoms with van der Waals surface area (Å²) in [5, 5.41) is 11.2. The van der Waals surface area contributed by atoms with Gasteiger partial charge in [0.05, 0.1) is 11.5 Å². The highest BCUT2D eigenvalue weighted by atomic mass is 16.6. The zero-order valence-corrected chi connectivity index (χ0v) is 14.9. The van der Waals surface area contributed by atoms with E-state index in [0.717, 1.165) is 32.1 Å². The summed E-state index contributed by atoms with van der Waals surface area (Å²) in [6.45, 7) is 2.37. The van der Waals surface area contributed by atoms with Crippen molar-refractivity contribution in [3.05, 3.63) is 40.0 Å². The number of ether oxygens (including phenoxy) is 1. The molecule has 0 spiro atoms. The van der Waals surface area contributed by atoms with Gasteiger partial charge in [-0.25, -0.2) is 0 Å². The van der Waals surface area contributed by atoms with Gasteiger partial charge in [-0.15, -0.1) is 0 Å². The van der Waals surface area contributed by atoms with E-state index < -0.39 is 4.92 Å². The predicted molar refractivity (Wildman–Crippen MR) is 97.6 cm³/mol. The van der Waals surface area contributed by atoms with E-state index in [1.165, 1.54) is 18.6 Å². The molecule has 0 unspecified atom stereocenters. The number of nitro benzene ring substituents is 1. The number of carbonyl (C=O) groups excluding carboxylic acids is 1. The third-order valence-electron chi connectivity index (χ3n) is 4.53. The third kappa shape index (κ3) is 5.31. The molecule has 0 heterocycles. The summed E-state index contributed by atoms with van der Waals surface area (Å²) in [6.07, 6.45) is 9.55. The molecule has 0 bridgehead atoms. The summed E-state index contributed by atoms with van der Waals surface area (Å²) >= 11 is 0. The van der Waals surface area contributed by atoms with Gasteiger partial charge in [0.15, 0.2) is 5.75 Å². The molecule has 6 nitrogen and oxygen atoms in total. The van der Waals surface area contributed by atoms with Crippen molar-refractivity contribution in [3.8, 4) is 5.75 Å². The van der Waals surface area contributed by atoms with Crippen molar-refractivity contribution < 1.29 is 14.5 Å². The van der Waals surface area contributed by atoms with Crippen LogP contribution in [0.2, 0.25) is 0 Å². The molecule has 1 amide bonds. The van der Waals surface area contributed by atoms with Crippen LogP contribution in [0.5, 0.6) is 5.75 Å². The summed E-state index contributed by atoms with van der Waals surface area (Å²) < 4.78 is 5.40. The number of rotatable bonds is 7. The summed E-state index contributed by atoms with van der Waals surface area (Å²) in [6, 6.07) is 5.05. The number of carbonyl (C=O) groups is 1. The molecule has 1 aliphatic rings. The number of amides is 1. The molecular weight excluding hydrogens is 320 g/mol. The van der Waals surface area contributed by atoms with Crippen LogP contribution in [-0.4, -0.2) is 35.4 Å². The molecule has 1 fully saturated rings. The fourth-order valence-corrected chi connectivity index (χ4v) is 3.05. The van der Waals surface area contributed by atoms with Gasteiger partial charge in [0.25, 0.3) is 0 Å². The van der Waals surface area contributed by atoms with Gasteiger partial charge in [0.2, 0.25) is 5.91 Å². The first-order valence-corrected chi connectivity index (χ1v) is 8.89. The average Bonchev–Trinajstić information content (AvgIpc) is 2.64. The van der Waals surface area contributed by atoms with Crippen LogP contribution < -0.4 is 4.74 Å². The first kappa shape index (κ1) is 19.0. The standard InChI is InChI=1S/C19H26N2O4/c1-3-13-25-18-11-9-15(14-17(18)21(23)24)10-12-19(22)20(2)16-7-5-4-6-8-16/h9-12,14,16H,3-8,13H2,1-2H3/b12-10+. The molecule has 1 aromatic carbocycles. The second-order valence-corrected chi connectivity index (χ2v) is 6.41. The van der Waals surface area contributed by atoms with Crippen molar-refractivity contribution in [2.75, 3.05) is 13.7 Å². The van der Waals surface area contributed by atoms with Crippen LogP contribution in [0, 0.1) is 10.1 Å². The minimum absolute atomic E-state index is 0.0686. The zero-order chi connectivity index (χ0) is 18.2. The summed E-state index contributed by atoms with van der Waals surface area (Å²) in [5.74, 6) is 0.190. The Morgan fingerprint density at radius 1 is 1.36 bits per heavy atom. The predicted octanol–water partition coefficient (Wildman–Crippen LogP) is 4.19. The molecule has 0 atom stereocenters. The van der Waals surface area contributed by atoms with E-state index >= 15 is 0 Å². The van der Waals surface area contributed by atoms with E-state index in [4.69, 9.17) is 4.74 Å². The molecule has 0 saturated heterocycles. The Balaban J connectivity index is 2.07. The van der Waals surface area contributed by atoms with E-state index in [2.05, 4.69) is 0 Å². The van der Waals surface area contributed by atoms with Crippen LogP contribution in [-0.2, 0) is 4.79 Å². The van der Waals surface area contributed by atoms with Crippen molar-refractivity contribution >= 4 is 17.7 Å². The van der Waals surface area contributed by atoms with Crippen LogP contribution in [0.3, 0.4) is 0 Å². The first-order valence-electron chi connectivity index (χ1n) is 8.89. The normalized spacial score (nSPS) is 15.3. The van der Waals surface area contributed by atoms with Crippen LogP contribution in [0.25, 0.3) is 6.08 Å². The summed E-state index contributed by atoms with van der Waals surface area (Å²) in [4.78, 5) is 24.9. The van der Waals surface area contributed by atoms with Gasteiger partial charge < -0.3 is 9.64 Å². The highest BCUT2D eigenvalue weighted by Gasteiger charge is 2.20. The number of likely N-dealkylation sites (N-methyl/N-ethyl adjacent to an activating group) is 1. The van der Waals surface area contributed by atoms with E-state index in [-0.39, 0.29) is 17.3 Å². The number of hydrogen-bond donors (Lipinski definition) is 0. The molecule has 2 rings (SSSR count). The zero-order valence-electron chi connectivity index (χ0n) is 14.9. The quantitative estimate of drug-likeness (QED) is 0.421. The Hall–Kier alpha value is -2.37. The van der Waals surface area contributed by atoms with Crippen molar-refractivity contribution in [2.45, 2.75) is 51.5 Å². The molecule has 0 radical (unpaired) electrons. The van der Waals surface area contributed by atoms with Crippen LogP contribution in [0.4, 0.5) is 5.69 Å². The van der Waals surface area contributed by atoms with Crippen LogP contribution in [0.15, 0.2) is 24.3 Å². The fourth-order valence-electron chi connectivity index (χ4n) is 3.05. The Kier molecular flexibility index (Phi) is 6.98. The van der Waals surface area contributed by atoms with Crippen molar-refractivity contribution in [1.29, 1.82) is 0 Å². The Morgan fingerprint density at radius 2 is 2.08 bits per heavy atom. The lowest BCUT2D eigenvalue weighted by Crippen LogP contribution is -2.37. The molecule has 136 valence electrons. The van der Waals surface area contributed by atoms with Gasteiger partial charge in [-0.05, 0) is 37.0 Å². The largest absolute Gasteiger partial charge is 0.487 e. The Bertz CT molecular complexity index is 636. The molecule has 25 heavy (non-hydrogen) atoms. The number of nitro groups is 1. The highest BCUT2D eigenvalue weighted by Crippen LogP contribution is 2.28. The SMILES string of the molecule is CCCOc1ccc(/C=C/C(=O)N(C)C2CCCCC2)cc1[N+](=O)[O-]. The molecule has 0 N–H and O–H groups in total. The van der Waals surface area contributed by atoms with Gasteiger partial charge in [-0.3, -0.25) is 14.9 Å². The second-order valence-electron chi connectivity index (χ2n) is 6.41. The maximum Gasteiger partial charge on any atom is 0.311 e. The van der Waals surface area contributed by atoms with Gasteiger partial charge in [0, 0.05) is 25.2 Å². The number of nitrogens with zero attached hydrogens (tertiary/aromatic N) is 2. The van der Waals surface area contributed by atoms with Gasteiger partial charge in [-0.1, -0.05) is 32.3 Å². The first-order chi connectivity index (χ1) is 12.0. The van der Waals surface area contributed by atoms with Crippen LogP contribution >= 0.6 is 0 Å². The molecule has 6 heteroatoms. The molecule has 1 saturated carbocycles. The molecular formula is C19H26N2O4. The smallest absolute Gasteiger partial charge is 0.311 e. The van der Waals surface area contributed by atoms with E-state index in [1.54, 1.807) is 23.1 Å². The monoisotopic (exact) mass is 346 g/mol. The van der Waals surface area contributed by atoms with Gasteiger partial charge in [0.1, 0.15) is 0 Å². The van der Waals surface area contributed by atoms with E-state index in [9.17, 15) is 14.9 Å². The average molecular weight is 346 g/mol. The number of hydrogen-bond acceptors (Lipinski definition) is 4. The maximum atomic E-state index is 12.3. The van der Waals surface area contributed by atoms with Crippen molar-refractivity contribution in [2.24, 2.45) is 0 Å². The molecule has 0 aliphatic heterocycles. The van der Waals surface area contributed by atoms with E-state index in [1.807, 2.05) is 14.0 Å². The second kappa shape index (κ2) is 9.20. The highest BCUT2D eigenvalue weighted by molar-refractivity contribution is 5.92. The lowest BCUT2D eigenvalue weighted by Gasteiger charge is -2.30. The van der Waals surface area contributed by atoms with E-state index in [0.29, 0.717) is 18.2 Å². The topological polar surface area (TPSA) is 72.7 Å². The van der Waals surface area contributed by atoms with Crippen molar-refractivity contribution in [1.82, 2.24) is 4.90 Å². The van der Waals surface area contributed by atoms with Crippen LogP contribution in [0.1, 0.15) is 51.0 Å². The van der Waals surface area contributed by atoms with Crippen molar-refractivity contribution in [3.63, 3.8) is 0 Å². The minimum Gasteiger partial charge on any atom is -0.487 e. The third-order valence-corrected chi connectivity index (χ3v) is 4.53. The molecule has 1 aromatic rings.